The van der Waals surface area contributed by atoms with E-state index in [2.05, 4.69) is 24.4 Å². The molecule has 1 aromatic carbocycles. The fraction of sp³-hybridized carbons (Fsp3) is 0.571. The Hall–Kier alpha value is -1.26. The first-order chi connectivity index (χ1) is 8.76. The van der Waals surface area contributed by atoms with E-state index in [1.807, 2.05) is 6.07 Å². The van der Waals surface area contributed by atoms with Gasteiger partial charge >= 0.3 is 0 Å². The van der Waals surface area contributed by atoms with Crippen LogP contribution in [0.5, 0.6) is 5.75 Å². The van der Waals surface area contributed by atoms with E-state index >= 15 is 0 Å². The van der Waals surface area contributed by atoms with E-state index in [1.54, 1.807) is 7.11 Å². The van der Waals surface area contributed by atoms with Gasteiger partial charge in [-0.2, -0.15) is 0 Å². The molecule has 0 amide bonds. The molecule has 0 bridgehead atoms. The summed E-state index contributed by atoms with van der Waals surface area (Å²) in [4.78, 5) is 0. The topological polar surface area (TPSA) is 56.5 Å². The maximum absolute atomic E-state index is 5.71. The fourth-order valence-corrected chi connectivity index (χ4v) is 2.24. The van der Waals surface area contributed by atoms with Crippen LogP contribution in [0.1, 0.15) is 18.9 Å². The number of hydrogen-bond acceptors (Lipinski definition) is 4. The van der Waals surface area contributed by atoms with Gasteiger partial charge in [-0.15, -0.1) is 0 Å². The van der Waals surface area contributed by atoms with Crippen LogP contribution in [-0.2, 0) is 11.2 Å². The zero-order valence-electron chi connectivity index (χ0n) is 11.1. The molecule has 0 saturated heterocycles. The summed E-state index contributed by atoms with van der Waals surface area (Å²) in [7, 11) is 1.73. The van der Waals surface area contributed by atoms with E-state index in [1.165, 1.54) is 5.56 Å². The largest absolute Gasteiger partial charge is 0.488 e. The molecular formula is C14H22N2O2. The monoisotopic (exact) mass is 250 g/mol. The summed E-state index contributed by atoms with van der Waals surface area (Å²) in [6.45, 7) is 3.44. The van der Waals surface area contributed by atoms with Crippen molar-refractivity contribution in [2.45, 2.75) is 31.9 Å². The molecule has 0 saturated carbocycles. The van der Waals surface area contributed by atoms with Crippen LogP contribution in [0.15, 0.2) is 18.2 Å². The van der Waals surface area contributed by atoms with Gasteiger partial charge in [-0.1, -0.05) is 6.92 Å². The number of ether oxygens (including phenoxy) is 2. The van der Waals surface area contributed by atoms with E-state index in [0.717, 1.165) is 30.9 Å². The molecule has 0 aromatic heterocycles. The minimum atomic E-state index is 0.135. The standard InChI is InChI=1S/C14H22N2O2/c1-3-11(9-17-2)16-12-4-5-14-10(6-12)7-13(8-15)18-14/h4-6,11,13,16H,3,7-9,15H2,1-2H3. The Morgan fingerprint density at radius 3 is 3.06 bits per heavy atom. The number of nitrogens with one attached hydrogen (secondary N) is 1. The number of nitrogens with two attached hydrogens (primary N) is 1. The van der Waals surface area contributed by atoms with Crippen molar-refractivity contribution in [2.24, 2.45) is 5.73 Å². The molecule has 0 aliphatic carbocycles. The zero-order chi connectivity index (χ0) is 13.0. The number of benzene rings is 1. The van der Waals surface area contributed by atoms with E-state index in [4.69, 9.17) is 15.2 Å². The molecule has 4 heteroatoms. The second-order valence-corrected chi connectivity index (χ2v) is 4.71. The van der Waals surface area contributed by atoms with Crippen LogP contribution in [-0.4, -0.2) is 32.4 Å². The van der Waals surface area contributed by atoms with E-state index in [-0.39, 0.29) is 6.10 Å². The molecule has 2 rings (SSSR count). The normalized spacial score (nSPS) is 19.2. The summed E-state index contributed by atoms with van der Waals surface area (Å²) < 4.78 is 10.9. The number of anilines is 1. The van der Waals surface area contributed by atoms with Crippen molar-refractivity contribution >= 4 is 5.69 Å². The maximum Gasteiger partial charge on any atom is 0.123 e. The molecule has 0 spiro atoms. The van der Waals surface area contributed by atoms with Gasteiger partial charge in [0.2, 0.25) is 0 Å². The zero-order valence-corrected chi connectivity index (χ0v) is 11.1. The molecule has 18 heavy (non-hydrogen) atoms. The van der Waals surface area contributed by atoms with Gasteiger partial charge in [0, 0.05) is 31.8 Å². The van der Waals surface area contributed by atoms with Crippen molar-refractivity contribution in [2.75, 3.05) is 25.6 Å². The van der Waals surface area contributed by atoms with Crippen molar-refractivity contribution in [3.8, 4) is 5.75 Å². The molecule has 4 nitrogen and oxygen atoms in total. The lowest BCUT2D eigenvalue weighted by Crippen LogP contribution is -2.24. The van der Waals surface area contributed by atoms with Gasteiger partial charge in [0.05, 0.1) is 6.61 Å². The van der Waals surface area contributed by atoms with Crippen LogP contribution in [0.2, 0.25) is 0 Å². The highest BCUT2D eigenvalue weighted by Crippen LogP contribution is 2.31. The van der Waals surface area contributed by atoms with E-state index in [9.17, 15) is 0 Å². The summed E-state index contributed by atoms with van der Waals surface area (Å²) >= 11 is 0. The smallest absolute Gasteiger partial charge is 0.123 e. The van der Waals surface area contributed by atoms with Gasteiger partial charge < -0.3 is 20.5 Å². The quantitative estimate of drug-likeness (QED) is 0.808. The van der Waals surface area contributed by atoms with Crippen LogP contribution in [0, 0.1) is 0 Å². The molecule has 2 atom stereocenters. The highest BCUT2D eigenvalue weighted by Gasteiger charge is 2.21. The predicted molar refractivity (Wildman–Crippen MR) is 73.2 cm³/mol. The molecular weight excluding hydrogens is 228 g/mol. The Morgan fingerprint density at radius 2 is 2.39 bits per heavy atom. The van der Waals surface area contributed by atoms with Gasteiger partial charge in [-0.25, -0.2) is 0 Å². The average molecular weight is 250 g/mol. The lowest BCUT2D eigenvalue weighted by atomic mass is 10.1. The van der Waals surface area contributed by atoms with Crippen LogP contribution in [0.25, 0.3) is 0 Å². The second kappa shape index (κ2) is 6.07. The summed E-state index contributed by atoms with van der Waals surface area (Å²) in [5, 5.41) is 3.48. The first kappa shape index (κ1) is 13.2. The lowest BCUT2D eigenvalue weighted by molar-refractivity contribution is 0.184. The first-order valence-corrected chi connectivity index (χ1v) is 6.52. The number of fused-ring (bicyclic) bond motifs is 1. The number of hydrogen-bond donors (Lipinski definition) is 2. The molecule has 1 aliphatic rings. The van der Waals surface area contributed by atoms with Gasteiger partial charge in [0.1, 0.15) is 11.9 Å². The van der Waals surface area contributed by atoms with Gasteiger partial charge in [-0.05, 0) is 30.2 Å². The van der Waals surface area contributed by atoms with Crippen LogP contribution >= 0.6 is 0 Å². The summed E-state index contributed by atoms with van der Waals surface area (Å²) in [5.41, 5.74) is 8.00. The Morgan fingerprint density at radius 1 is 1.56 bits per heavy atom. The van der Waals surface area contributed by atoms with Crippen LogP contribution in [0.3, 0.4) is 0 Å². The Bertz CT molecular complexity index is 395. The number of methoxy groups -OCH3 is 1. The molecule has 100 valence electrons. The summed E-state index contributed by atoms with van der Waals surface area (Å²) in [5.74, 6) is 0.968. The average Bonchev–Trinajstić information content (AvgIpc) is 2.80. The summed E-state index contributed by atoms with van der Waals surface area (Å²) in [6.07, 6.45) is 2.08. The second-order valence-electron chi connectivity index (χ2n) is 4.71. The van der Waals surface area contributed by atoms with Gasteiger partial charge in [0.25, 0.3) is 0 Å². The fourth-order valence-electron chi connectivity index (χ4n) is 2.24. The van der Waals surface area contributed by atoms with E-state index in [0.29, 0.717) is 12.6 Å². The number of rotatable bonds is 6. The molecule has 1 aliphatic heterocycles. The minimum absolute atomic E-state index is 0.135. The third-order valence-corrected chi connectivity index (χ3v) is 3.30. The highest BCUT2D eigenvalue weighted by molar-refractivity contribution is 5.53. The SMILES string of the molecule is CCC(COC)Nc1ccc2c(c1)CC(CN)O2. The maximum atomic E-state index is 5.71. The molecule has 1 heterocycles. The third kappa shape index (κ3) is 2.94. The van der Waals surface area contributed by atoms with Crippen LogP contribution < -0.4 is 15.8 Å². The highest BCUT2D eigenvalue weighted by atomic mass is 16.5. The van der Waals surface area contributed by atoms with Crippen molar-refractivity contribution in [3.05, 3.63) is 23.8 Å². The van der Waals surface area contributed by atoms with Gasteiger partial charge in [-0.3, -0.25) is 0 Å². The van der Waals surface area contributed by atoms with Gasteiger partial charge in [0.15, 0.2) is 0 Å². The van der Waals surface area contributed by atoms with Crippen molar-refractivity contribution in [1.82, 2.24) is 0 Å². The first-order valence-electron chi connectivity index (χ1n) is 6.52. The molecule has 0 fully saturated rings. The van der Waals surface area contributed by atoms with Crippen molar-refractivity contribution in [3.63, 3.8) is 0 Å². The molecule has 2 unspecified atom stereocenters. The van der Waals surface area contributed by atoms with Crippen molar-refractivity contribution in [1.29, 1.82) is 0 Å². The Kier molecular flexibility index (Phi) is 4.44. The lowest BCUT2D eigenvalue weighted by Gasteiger charge is -2.17. The third-order valence-electron chi connectivity index (χ3n) is 3.30. The minimum Gasteiger partial charge on any atom is -0.488 e. The summed E-state index contributed by atoms with van der Waals surface area (Å²) in [6, 6.07) is 6.58. The van der Waals surface area contributed by atoms with E-state index < -0.39 is 0 Å². The molecule has 3 N–H and O–H groups in total. The molecule has 1 aromatic rings. The van der Waals surface area contributed by atoms with Crippen LogP contribution in [0.4, 0.5) is 5.69 Å². The predicted octanol–water partition coefficient (Wildman–Crippen LogP) is 1.79. The Balaban J connectivity index is 2.04. The Labute approximate surface area is 108 Å². The van der Waals surface area contributed by atoms with Crippen molar-refractivity contribution < 1.29 is 9.47 Å². The molecule has 0 radical (unpaired) electrons.